The van der Waals surface area contributed by atoms with Gasteiger partial charge < -0.3 is 19.6 Å². The van der Waals surface area contributed by atoms with Gasteiger partial charge in [-0.2, -0.15) is 0 Å². The van der Waals surface area contributed by atoms with Crippen molar-refractivity contribution in [3.8, 4) is 0 Å². The second kappa shape index (κ2) is 8.85. The Morgan fingerprint density at radius 3 is 3.04 bits per heavy atom. The van der Waals surface area contributed by atoms with Crippen LogP contribution in [0.2, 0.25) is 0 Å². The molecule has 6 nitrogen and oxygen atoms in total. The highest BCUT2D eigenvalue weighted by atomic mass is 16.3. The van der Waals surface area contributed by atoms with Gasteiger partial charge >= 0.3 is 0 Å². The van der Waals surface area contributed by atoms with Crippen molar-refractivity contribution in [2.24, 2.45) is 5.92 Å². The number of aromatic nitrogens is 1. The van der Waals surface area contributed by atoms with E-state index in [1.165, 1.54) is 0 Å². The first-order valence-corrected chi connectivity index (χ1v) is 9.36. The van der Waals surface area contributed by atoms with E-state index in [0.717, 1.165) is 50.1 Å². The molecule has 1 fully saturated rings. The molecule has 3 rings (SSSR count). The minimum atomic E-state index is -0.289. The van der Waals surface area contributed by atoms with Gasteiger partial charge in [0.2, 0.25) is 0 Å². The van der Waals surface area contributed by atoms with E-state index < -0.39 is 0 Å². The Kier molecular flexibility index (Phi) is 6.28. The van der Waals surface area contributed by atoms with Crippen LogP contribution in [0.15, 0.2) is 39.9 Å². The first-order chi connectivity index (χ1) is 12.6. The van der Waals surface area contributed by atoms with Gasteiger partial charge in [0, 0.05) is 25.7 Å². The predicted octanol–water partition coefficient (Wildman–Crippen LogP) is 2.11. The van der Waals surface area contributed by atoms with Crippen LogP contribution in [0, 0.1) is 12.8 Å². The standard InChI is InChI=1S/C20H27N3O3/c1-15-8-11-23(14-16-5-2-9-21-13-16)20(25)18(15)19(24)22-10-3-6-17-7-4-12-26-17/h4,7-8,11-12,16,21H,2-3,5-6,9-10,13-14H2,1H3,(H,22,24). The average molecular weight is 357 g/mol. The van der Waals surface area contributed by atoms with Crippen molar-refractivity contribution in [2.75, 3.05) is 19.6 Å². The molecule has 2 aromatic rings. The van der Waals surface area contributed by atoms with Crippen LogP contribution < -0.4 is 16.2 Å². The van der Waals surface area contributed by atoms with Gasteiger partial charge in [-0.25, -0.2) is 0 Å². The Hall–Kier alpha value is -2.34. The van der Waals surface area contributed by atoms with Gasteiger partial charge in [0.05, 0.1) is 6.26 Å². The molecule has 1 amide bonds. The summed E-state index contributed by atoms with van der Waals surface area (Å²) < 4.78 is 6.96. The van der Waals surface area contributed by atoms with E-state index in [1.807, 2.05) is 25.1 Å². The summed E-state index contributed by atoms with van der Waals surface area (Å²) >= 11 is 0. The summed E-state index contributed by atoms with van der Waals surface area (Å²) in [7, 11) is 0. The number of furan rings is 1. The Morgan fingerprint density at radius 2 is 2.31 bits per heavy atom. The SMILES string of the molecule is Cc1ccn(CC2CCCNC2)c(=O)c1C(=O)NCCCc1ccco1. The molecule has 2 N–H and O–H groups in total. The summed E-state index contributed by atoms with van der Waals surface area (Å²) in [6.45, 7) is 4.95. The number of carbonyl (C=O) groups is 1. The lowest BCUT2D eigenvalue weighted by Crippen LogP contribution is -2.38. The minimum absolute atomic E-state index is 0.195. The summed E-state index contributed by atoms with van der Waals surface area (Å²) in [5.41, 5.74) is 0.782. The van der Waals surface area contributed by atoms with E-state index in [4.69, 9.17) is 4.42 Å². The van der Waals surface area contributed by atoms with Crippen molar-refractivity contribution >= 4 is 5.91 Å². The summed E-state index contributed by atoms with van der Waals surface area (Å²) in [5, 5.41) is 6.23. The molecule has 26 heavy (non-hydrogen) atoms. The van der Waals surface area contributed by atoms with E-state index in [-0.39, 0.29) is 17.0 Å². The number of rotatable bonds is 7. The zero-order valence-electron chi connectivity index (χ0n) is 15.3. The fourth-order valence-corrected chi connectivity index (χ4v) is 3.45. The van der Waals surface area contributed by atoms with E-state index in [9.17, 15) is 9.59 Å². The molecule has 1 atom stereocenters. The van der Waals surface area contributed by atoms with Gasteiger partial charge in [0.1, 0.15) is 11.3 Å². The first kappa shape index (κ1) is 18.5. The van der Waals surface area contributed by atoms with Crippen molar-refractivity contribution in [3.05, 3.63) is 57.9 Å². The number of hydrogen-bond donors (Lipinski definition) is 2. The molecule has 0 aliphatic carbocycles. The third-order valence-corrected chi connectivity index (χ3v) is 4.92. The van der Waals surface area contributed by atoms with Crippen molar-refractivity contribution in [1.29, 1.82) is 0 Å². The van der Waals surface area contributed by atoms with Crippen LogP contribution in [0.3, 0.4) is 0 Å². The van der Waals surface area contributed by atoms with Gasteiger partial charge in [-0.15, -0.1) is 0 Å². The molecule has 1 unspecified atom stereocenters. The molecule has 1 saturated heterocycles. The molecule has 0 bridgehead atoms. The largest absolute Gasteiger partial charge is 0.469 e. The van der Waals surface area contributed by atoms with Gasteiger partial charge in [-0.05, 0) is 69.0 Å². The van der Waals surface area contributed by atoms with Crippen LogP contribution in [0.1, 0.15) is 40.9 Å². The monoisotopic (exact) mass is 357 g/mol. The maximum Gasteiger partial charge on any atom is 0.263 e. The zero-order valence-corrected chi connectivity index (χ0v) is 15.3. The van der Waals surface area contributed by atoms with Crippen molar-refractivity contribution in [1.82, 2.24) is 15.2 Å². The second-order valence-corrected chi connectivity index (χ2v) is 6.98. The number of aryl methyl sites for hydroxylation is 2. The molecular weight excluding hydrogens is 330 g/mol. The van der Waals surface area contributed by atoms with E-state index >= 15 is 0 Å². The zero-order chi connectivity index (χ0) is 18.4. The molecule has 0 aromatic carbocycles. The number of hydrogen-bond acceptors (Lipinski definition) is 4. The smallest absolute Gasteiger partial charge is 0.263 e. The molecule has 2 aromatic heterocycles. The van der Waals surface area contributed by atoms with Gasteiger partial charge in [-0.1, -0.05) is 0 Å². The summed E-state index contributed by atoms with van der Waals surface area (Å²) in [6.07, 6.45) is 7.23. The van der Waals surface area contributed by atoms with Gasteiger partial charge in [0.15, 0.2) is 0 Å². The highest BCUT2D eigenvalue weighted by Gasteiger charge is 2.18. The van der Waals surface area contributed by atoms with Crippen LogP contribution >= 0.6 is 0 Å². The third-order valence-electron chi connectivity index (χ3n) is 4.92. The van der Waals surface area contributed by atoms with Crippen LogP contribution in [0.4, 0.5) is 0 Å². The van der Waals surface area contributed by atoms with E-state index in [1.54, 1.807) is 17.0 Å². The van der Waals surface area contributed by atoms with Crippen molar-refractivity contribution in [2.45, 2.75) is 39.2 Å². The quantitative estimate of drug-likeness (QED) is 0.744. The molecule has 6 heteroatoms. The fourth-order valence-electron chi connectivity index (χ4n) is 3.45. The van der Waals surface area contributed by atoms with Crippen LogP contribution in [0.25, 0.3) is 0 Å². The maximum atomic E-state index is 12.8. The highest BCUT2D eigenvalue weighted by molar-refractivity contribution is 5.95. The number of carbonyl (C=O) groups excluding carboxylic acids is 1. The number of nitrogens with one attached hydrogen (secondary N) is 2. The number of piperidine rings is 1. The second-order valence-electron chi connectivity index (χ2n) is 6.98. The topological polar surface area (TPSA) is 76.3 Å². The summed E-state index contributed by atoms with van der Waals surface area (Å²) in [5.74, 6) is 1.05. The lowest BCUT2D eigenvalue weighted by Gasteiger charge is -2.23. The average Bonchev–Trinajstić information content (AvgIpc) is 3.16. The number of pyridine rings is 1. The van der Waals surface area contributed by atoms with Gasteiger partial charge in [-0.3, -0.25) is 9.59 Å². The van der Waals surface area contributed by atoms with E-state index in [2.05, 4.69) is 10.6 Å². The van der Waals surface area contributed by atoms with Crippen LogP contribution in [-0.2, 0) is 13.0 Å². The Morgan fingerprint density at radius 1 is 1.42 bits per heavy atom. The predicted molar refractivity (Wildman–Crippen MR) is 100 cm³/mol. The molecular formula is C20H27N3O3. The van der Waals surface area contributed by atoms with E-state index in [0.29, 0.717) is 19.0 Å². The third kappa shape index (κ3) is 4.64. The summed E-state index contributed by atoms with van der Waals surface area (Å²) in [4.78, 5) is 25.3. The fraction of sp³-hybridized carbons (Fsp3) is 0.500. The Bertz CT molecular complexity index is 774. The molecule has 0 spiro atoms. The Labute approximate surface area is 153 Å². The normalized spacial score (nSPS) is 17.2. The van der Waals surface area contributed by atoms with Gasteiger partial charge in [0.25, 0.3) is 11.5 Å². The molecule has 1 aliphatic rings. The molecule has 3 heterocycles. The van der Waals surface area contributed by atoms with Crippen LogP contribution in [0.5, 0.6) is 0 Å². The maximum absolute atomic E-state index is 12.8. The lowest BCUT2D eigenvalue weighted by molar-refractivity contribution is 0.0950. The Balaban J connectivity index is 1.61. The molecule has 140 valence electrons. The number of nitrogens with zero attached hydrogens (tertiary/aromatic N) is 1. The lowest BCUT2D eigenvalue weighted by atomic mass is 9.99. The first-order valence-electron chi connectivity index (χ1n) is 9.36. The highest BCUT2D eigenvalue weighted by Crippen LogP contribution is 2.12. The minimum Gasteiger partial charge on any atom is -0.469 e. The molecule has 0 radical (unpaired) electrons. The molecule has 1 aliphatic heterocycles. The number of amides is 1. The van der Waals surface area contributed by atoms with Crippen molar-refractivity contribution < 1.29 is 9.21 Å². The van der Waals surface area contributed by atoms with Crippen molar-refractivity contribution in [3.63, 3.8) is 0 Å². The molecule has 0 saturated carbocycles. The summed E-state index contributed by atoms with van der Waals surface area (Å²) in [6, 6.07) is 5.63. The van der Waals surface area contributed by atoms with Crippen LogP contribution in [-0.4, -0.2) is 30.1 Å².